The number of rotatable bonds is 5. The van der Waals surface area contributed by atoms with Gasteiger partial charge < -0.3 is 9.64 Å². The van der Waals surface area contributed by atoms with E-state index in [9.17, 15) is 0 Å². The van der Waals surface area contributed by atoms with Gasteiger partial charge in [0.25, 0.3) is 0 Å². The van der Waals surface area contributed by atoms with Crippen LogP contribution in [0.25, 0.3) is 11.4 Å². The lowest BCUT2D eigenvalue weighted by molar-refractivity contribution is 0.0342. The van der Waals surface area contributed by atoms with E-state index in [1.165, 1.54) is 5.56 Å². The highest BCUT2D eigenvalue weighted by molar-refractivity contribution is 5.61. The zero-order valence-corrected chi connectivity index (χ0v) is 14.2. The highest BCUT2D eigenvalue weighted by Crippen LogP contribution is 2.24. The largest absolute Gasteiger partial charge is 0.379 e. The summed E-state index contributed by atoms with van der Waals surface area (Å²) in [6.45, 7) is 7.41. The number of ether oxygens (including phenoxy) is 1. The summed E-state index contributed by atoms with van der Waals surface area (Å²) in [4.78, 5) is 9.17. The third kappa shape index (κ3) is 3.54. The second-order valence-corrected chi connectivity index (χ2v) is 5.99. The van der Waals surface area contributed by atoms with E-state index < -0.39 is 0 Å². The van der Waals surface area contributed by atoms with Crippen LogP contribution in [0.4, 0.5) is 5.95 Å². The third-order valence-corrected chi connectivity index (χ3v) is 4.11. The normalized spacial score (nSPS) is 15.8. The van der Waals surface area contributed by atoms with Crippen LogP contribution in [0.15, 0.2) is 24.3 Å². The van der Waals surface area contributed by atoms with Crippen molar-refractivity contribution in [2.75, 3.05) is 45.3 Å². The molecule has 0 amide bonds. The van der Waals surface area contributed by atoms with Gasteiger partial charge in [0.1, 0.15) is 0 Å². The van der Waals surface area contributed by atoms with Crippen molar-refractivity contribution in [3.63, 3.8) is 0 Å². The Morgan fingerprint density at radius 1 is 1.17 bits per heavy atom. The highest BCUT2D eigenvalue weighted by Gasteiger charge is 2.17. The van der Waals surface area contributed by atoms with E-state index in [4.69, 9.17) is 14.8 Å². The molecule has 0 bridgehead atoms. The number of aromatic nitrogens is 3. The van der Waals surface area contributed by atoms with Gasteiger partial charge in [-0.05, 0) is 12.5 Å². The first-order valence-electron chi connectivity index (χ1n) is 8.19. The number of anilines is 1. The van der Waals surface area contributed by atoms with Gasteiger partial charge in [0.05, 0.1) is 13.2 Å². The summed E-state index contributed by atoms with van der Waals surface area (Å²) < 4.78 is 7.38. The van der Waals surface area contributed by atoms with Crippen molar-refractivity contribution in [1.82, 2.24) is 19.7 Å². The summed E-state index contributed by atoms with van der Waals surface area (Å²) in [5, 5.41) is 4.69. The molecule has 1 aromatic carbocycles. The minimum atomic E-state index is 0.805. The lowest BCUT2D eigenvalue weighted by atomic mass is 10.1. The van der Waals surface area contributed by atoms with Crippen LogP contribution in [-0.2, 0) is 17.8 Å². The number of hydrogen-bond donors (Lipinski definition) is 0. The summed E-state index contributed by atoms with van der Waals surface area (Å²) in [6.07, 6.45) is 0. The van der Waals surface area contributed by atoms with Crippen LogP contribution in [0, 0.1) is 0 Å². The average Bonchev–Trinajstić information content (AvgIpc) is 3.01. The molecule has 0 radical (unpaired) electrons. The van der Waals surface area contributed by atoms with Gasteiger partial charge in [0, 0.05) is 45.8 Å². The van der Waals surface area contributed by atoms with E-state index in [-0.39, 0.29) is 0 Å². The van der Waals surface area contributed by atoms with E-state index in [1.54, 1.807) is 0 Å². The van der Waals surface area contributed by atoms with Crippen molar-refractivity contribution < 1.29 is 4.74 Å². The Labute approximate surface area is 137 Å². The van der Waals surface area contributed by atoms with Crippen LogP contribution < -0.4 is 4.90 Å². The van der Waals surface area contributed by atoms with Crippen molar-refractivity contribution in [2.24, 2.45) is 0 Å². The van der Waals surface area contributed by atoms with Crippen LogP contribution in [0.1, 0.15) is 12.5 Å². The van der Waals surface area contributed by atoms with E-state index in [1.807, 2.05) is 23.7 Å². The molecule has 6 nitrogen and oxygen atoms in total. The Hall–Kier alpha value is -1.92. The molecule has 2 heterocycles. The van der Waals surface area contributed by atoms with Crippen LogP contribution >= 0.6 is 0 Å². The van der Waals surface area contributed by atoms with Gasteiger partial charge in [0.15, 0.2) is 5.82 Å². The van der Waals surface area contributed by atoms with Gasteiger partial charge >= 0.3 is 0 Å². The lowest BCUT2D eigenvalue weighted by Crippen LogP contribution is -2.35. The van der Waals surface area contributed by atoms with Crippen LogP contribution in [0.5, 0.6) is 0 Å². The van der Waals surface area contributed by atoms with Crippen LogP contribution in [0.3, 0.4) is 0 Å². The molecule has 1 aliphatic heterocycles. The molecule has 1 fully saturated rings. The molecular formula is C17H25N5O. The quantitative estimate of drug-likeness (QED) is 0.843. The smallest absolute Gasteiger partial charge is 0.223 e. The van der Waals surface area contributed by atoms with Gasteiger partial charge in [-0.15, -0.1) is 5.10 Å². The van der Waals surface area contributed by atoms with Crippen molar-refractivity contribution in [1.29, 1.82) is 0 Å². The molecule has 0 saturated carbocycles. The Bertz CT molecular complexity index is 646. The molecular weight excluding hydrogens is 290 g/mol. The standard InChI is InChI=1S/C17H25N5O/c1-4-22-17(20(2)3)18-16(19-22)15-8-6-5-7-14(15)13-21-9-11-23-12-10-21/h5-8H,4,9-13H2,1-3H3. The average molecular weight is 315 g/mol. The van der Waals surface area contributed by atoms with Gasteiger partial charge in [-0.3, -0.25) is 4.90 Å². The Balaban J connectivity index is 1.90. The fourth-order valence-electron chi connectivity index (χ4n) is 2.87. The van der Waals surface area contributed by atoms with E-state index in [0.29, 0.717) is 0 Å². The fourth-order valence-corrected chi connectivity index (χ4v) is 2.87. The molecule has 1 saturated heterocycles. The van der Waals surface area contributed by atoms with Crippen molar-refractivity contribution in [3.8, 4) is 11.4 Å². The van der Waals surface area contributed by atoms with Crippen molar-refractivity contribution in [3.05, 3.63) is 29.8 Å². The first kappa shape index (κ1) is 16.0. The highest BCUT2D eigenvalue weighted by atomic mass is 16.5. The molecule has 0 spiro atoms. The SMILES string of the molecule is CCn1nc(-c2ccccc2CN2CCOCC2)nc1N(C)C. The van der Waals surface area contributed by atoms with Gasteiger partial charge in [-0.25, -0.2) is 4.68 Å². The maximum atomic E-state index is 5.44. The fraction of sp³-hybridized carbons (Fsp3) is 0.529. The second kappa shape index (κ2) is 7.10. The first-order chi connectivity index (χ1) is 11.2. The number of aryl methyl sites for hydroxylation is 1. The maximum absolute atomic E-state index is 5.44. The lowest BCUT2D eigenvalue weighted by Gasteiger charge is -2.27. The molecule has 6 heteroatoms. The number of morpholine rings is 1. The molecule has 1 aliphatic rings. The molecule has 0 atom stereocenters. The number of nitrogens with zero attached hydrogens (tertiary/aromatic N) is 5. The molecule has 0 aliphatic carbocycles. The Morgan fingerprint density at radius 3 is 2.57 bits per heavy atom. The molecule has 2 aromatic rings. The van der Waals surface area contributed by atoms with E-state index in [0.717, 1.165) is 56.7 Å². The molecule has 0 unspecified atom stereocenters. The monoisotopic (exact) mass is 315 g/mol. The summed E-state index contributed by atoms with van der Waals surface area (Å²) in [5.41, 5.74) is 2.39. The molecule has 23 heavy (non-hydrogen) atoms. The number of benzene rings is 1. The molecule has 0 N–H and O–H groups in total. The summed E-state index contributed by atoms with van der Waals surface area (Å²) in [6, 6.07) is 8.43. The summed E-state index contributed by atoms with van der Waals surface area (Å²) in [5.74, 6) is 1.70. The predicted octanol–water partition coefficient (Wildman–Crippen LogP) is 1.86. The number of hydrogen-bond acceptors (Lipinski definition) is 5. The van der Waals surface area contributed by atoms with Crippen molar-refractivity contribution >= 4 is 5.95 Å². The summed E-state index contributed by atoms with van der Waals surface area (Å²) in [7, 11) is 4.00. The van der Waals surface area contributed by atoms with Gasteiger partial charge in [0.2, 0.25) is 5.95 Å². The first-order valence-corrected chi connectivity index (χ1v) is 8.19. The minimum Gasteiger partial charge on any atom is -0.379 e. The van der Waals surface area contributed by atoms with E-state index in [2.05, 4.69) is 36.1 Å². The minimum absolute atomic E-state index is 0.805. The topological polar surface area (TPSA) is 46.4 Å². The molecule has 1 aromatic heterocycles. The van der Waals surface area contributed by atoms with Crippen LogP contribution in [-0.4, -0.2) is 60.1 Å². The Morgan fingerprint density at radius 2 is 1.91 bits per heavy atom. The molecule has 3 rings (SSSR count). The zero-order valence-electron chi connectivity index (χ0n) is 14.2. The van der Waals surface area contributed by atoms with Gasteiger partial charge in [-0.1, -0.05) is 24.3 Å². The molecule has 124 valence electrons. The van der Waals surface area contributed by atoms with Gasteiger partial charge in [-0.2, -0.15) is 4.98 Å². The second-order valence-electron chi connectivity index (χ2n) is 5.99. The third-order valence-electron chi connectivity index (χ3n) is 4.11. The summed E-state index contributed by atoms with van der Waals surface area (Å²) >= 11 is 0. The maximum Gasteiger partial charge on any atom is 0.223 e. The zero-order chi connectivity index (χ0) is 16.2. The van der Waals surface area contributed by atoms with E-state index >= 15 is 0 Å². The van der Waals surface area contributed by atoms with Crippen LogP contribution in [0.2, 0.25) is 0 Å². The Kier molecular flexibility index (Phi) is 4.93. The van der Waals surface area contributed by atoms with Crippen molar-refractivity contribution in [2.45, 2.75) is 20.0 Å². The predicted molar refractivity (Wildman–Crippen MR) is 91.6 cm³/mol.